The molecular formula is C49H82O6. The molecule has 314 valence electrons. The van der Waals surface area contributed by atoms with E-state index in [1.165, 1.54) is 89.9 Å². The van der Waals surface area contributed by atoms with Crippen LogP contribution in [0.2, 0.25) is 0 Å². The molecule has 0 N–H and O–H groups in total. The van der Waals surface area contributed by atoms with E-state index in [1.54, 1.807) is 0 Å². The van der Waals surface area contributed by atoms with Gasteiger partial charge in [0.05, 0.1) is 0 Å². The summed E-state index contributed by atoms with van der Waals surface area (Å²) >= 11 is 0. The zero-order valence-corrected chi connectivity index (χ0v) is 35.7. The minimum atomic E-state index is -0.805. The Balaban J connectivity index is 4.45. The lowest BCUT2D eigenvalue weighted by Gasteiger charge is -2.18. The molecule has 0 aliphatic rings. The minimum Gasteiger partial charge on any atom is -0.462 e. The van der Waals surface area contributed by atoms with Crippen molar-refractivity contribution < 1.29 is 28.6 Å². The van der Waals surface area contributed by atoms with E-state index in [1.807, 2.05) is 36.5 Å². The molecule has 6 nitrogen and oxygen atoms in total. The highest BCUT2D eigenvalue weighted by Gasteiger charge is 2.19. The number of allylic oxidation sites excluding steroid dienone is 12. The van der Waals surface area contributed by atoms with Crippen LogP contribution in [-0.4, -0.2) is 37.2 Å². The second-order valence-electron chi connectivity index (χ2n) is 14.7. The second-order valence-corrected chi connectivity index (χ2v) is 14.7. The highest BCUT2D eigenvalue weighted by atomic mass is 16.6. The Morgan fingerprint density at radius 2 is 0.745 bits per heavy atom. The van der Waals surface area contributed by atoms with E-state index < -0.39 is 6.10 Å². The van der Waals surface area contributed by atoms with Gasteiger partial charge in [0.1, 0.15) is 13.2 Å². The van der Waals surface area contributed by atoms with Crippen LogP contribution in [0.5, 0.6) is 0 Å². The third-order valence-corrected chi connectivity index (χ3v) is 9.26. The van der Waals surface area contributed by atoms with Gasteiger partial charge in [-0.2, -0.15) is 0 Å². The van der Waals surface area contributed by atoms with E-state index in [-0.39, 0.29) is 37.5 Å². The first kappa shape index (κ1) is 51.9. The van der Waals surface area contributed by atoms with Crippen LogP contribution in [-0.2, 0) is 28.6 Å². The molecule has 0 rings (SSSR count). The van der Waals surface area contributed by atoms with E-state index >= 15 is 0 Å². The topological polar surface area (TPSA) is 78.9 Å². The van der Waals surface area contributed by atoms with Gasteiger partial charge in [0.15, 0.2) is 6.10 Å². The lowest BCUT2D eigenvalue weighted by atomic mass is 10.1. The monoisotopic (exact) mass is 767 g/mol. The lowest BCUT2D eigenvalue weighted by Crippen LogP contribution is -2.30. The van der Waals surface area contributed by atoms with Crippen molar-refractivity contribution in [1.29, 1.82) is 0 Å². The van der Waals surface area contributed by atoms with Gasteiger partial charge in [-0.05, 0) is 83.5 Å². The quantitative estimate of drug-likeness (QED) is 0.0204. The van der Waals surface area contributed by atoms with Gasteiger partial charge in [0.25, 0.3) is 0 Å². The maximum atomic E-state index is 12.7. The summed E-state index contributed by atoms with van der Waals surface area (Å²) in [5.74, 6) is -0.991. The van der Waals surface area contributed by atoms with Crippen LogP contribution in [0.25, 0.3) is 0 Å². The fraction of sp³-hybridized carbons (Fsp3) is 0.694. The van der Waals surface area contributed by atoms with Crippen molar-refractivity contribution in [2.75, 3.05) is 13.2 Å². The fourth-order valence-electron chi connectivity index (χ4n) is 5.86. The molecule has 0 heterocycles. The van der Waals surface area contributed by atoms with Crippen molar-refractivity contribution in [3.63, 3.8) is 0 Å². The van der Waals surface area contributed by atoms with Gasteiger partial charge in [-0.25, -0.2) is 0 Å². The van der Waals surface area contributed by atoms with Crippen LogP contribution in [0.1, 0.15) is 201 Å². The van der Waals surface area contributed by atoms with E-state index in [9.17, 15) is 14.4 Å². The normalized spacial score (nSPS) is 12.7. The standard InChI is InChI=1S/C49H82O6/c1-4-7-10-13-16-19-21-23-24-26-27-30-33-36-39-42-48(51)54-45-46(44-53-47(50)41-38-35-32-29-18-15-12-9-6-3)55-49(52)43-40-37-34-31-28-25-22-20-17-14-11-8-5-2/h8,11,14,17,19-22,25,28-29,32,46H,4-7,9-10,12-13,15-16,18,23-24,26-27,30-31,33-45H2,1-3H3/b11-8-,17-14-,21-19-,22-20-,28-25-,32-29-. The van der Waals surface area contributed by atoms with Gasteiger partial charge in [-0.3, -0.25) is 14.4 Å². The van der Waals surface area contributed by atoms with E-state index in [0.717, 1.165) is 57.8 Å². The fourth-order valence-corrected chi connectivity index (χ4v) is 5.86. The van der Waals surface area contributed by atoms with Crippen LogP contribution in [0, 0.1) is 0 Å². The predicted octanol–water partition coefficient (Wildman–Crippen LogP) is 14.3. The summed E-state index contributed by atoms with van der Waals surface area (Å²) in [6.07, 6.45) is 53.2. The molecule has 0 bridgehead atoms. The number of rotatable bonds is 39. The van der Waals surface area contributed by atoms with E-state index in [2.05, 4.69) is 57.2 Å². The van der Waals surface area contributed by atoms with Gasteiger partial charge < -0.3 is 14.2 Å². The summed E-state index contributed by atoms with van der Waals surface area (Å²) < 4.78 is 16.6. The third kappa shape index (κ3) is 41.8. The van der Waals surface area contributed by atoms with Crippen LogP contribution in [0.3, 0.4) is 0 Å². The number of carbonyl (C=O) groups is 3. The average Bonchev–Trinajstić information content (AvgIpc) is 3.18. The zero-order chi connectivity index (χ0) is 40.1. The molecule has 1 unspecified atom stereocenters. The predicted molar refractivity (Wildman–Crippen MR) is 233 cm³/mol. The van der Waals surface area contributed by atoms with Crippen LogP contribution >= 0.6 is 0 Å². The van der Waals surface area contributed by atoms with E-state index in [4.69, 9.17) is 14.2 Å². The molecule has 0 aliphatic carbocycles. The first-order valence-electron chi connectivity index (χ1n) is 22.5. The maximum absolute atomic E-state index is 12.7. The Labute approximate surface area is 338 Å². The molecule has 0 aliphatic heterocycles. The van der Waals surface area contributed by atoms with E-state index in [0.29, 0.717) is 25.7 Å². The van der Waals surface area contributed by atoms with Gasteiger partial charge in [-0.15, -0.1) is 0 Å². The Morgan fingerprint density at radius 1 is 0.382 bits per heavy atom. The van der Waals surface area contributed by atoms with Crippen molar-refractivity contribution in [1.82, 2.24) is 0 Å². The number of ether oxygens (including phenoxy) is 3. The minimum absolute atomic E-state index is 0.103. The molecular weight excluding hydrogens is 685 g/mol. The molecule has 0 radical (unpaired) electrons. The molecule has 0 aromatic heterocycles. The molecule has 0 aromatic rings. The summed E-state index contributed by atoms with van der Waals surface area (Å²) in [6.45, 7) is 6.36. The Morgan fingerprint density at radius 3 is 1.25 bits per heavy atom. The first-order chi connectivity index (χ1) is 27.0. The lowest BCUT2D eigenvalue weighted by molar-refractivity contribution is -0.167. The van der Waals surface area contributed by atoms with Crippen molar-refractivity contribution in [2.24, 2.45) is 0 Å². The van der Waals surface area contributed by atoms with Gasteiger partial charge in [0, 0.05) is 19.3 Å². The molecule has 6 heteroatoms. The molecule has 0 saturated carbocycles. The van der Waals surface area contributed by atoms with Crippen molar-refractivity contribution >= 4 is 17.9 Å². The number of hydrogen-bond acceptors (Lipinski definition) is 6. The summed E-state index contributed by atoms with van der Waals surface area (Å²) in [5, 5.41) is 0. The maximum Gasteiger partial charge on any atom is 0.306 e. The summed E-state index contributed by atoms with van der Waals surface area (Å²) in [5.41, 5.74) is 0. The number of esters is 3. The summed E-state index contributed by atoms with van der Waals surface area (Å²) in [4.78, 5) is 37.6. The number of carbonyl (C=O) groups excluding carboxylic acids is 3. The Hall–Kier alpha value is -3.15. The van der Waals surface area contributed by atoms with Crippen LogP contribution in [0.15, 0.2) is 72.9 Å². The molecule has 0 saturated heterocycles. The molecule has 0 amide bonds. The molecule has 0 aromatic carbocycles. The molecule has 0 fully saturated rings. The third-order valence-electron chi connectivity index (χ3n) is 9.26. The highest BCUT2D eigenvalue weighted by Crippen LogP contribution is 2.13. The summed E-state index contributed by atoms with van der Waals surface area (Å²) in [6, 6.07) is 0. The summed E-state index contributed by atoms with van der Waals surface area (Å²) in [7, 11) is 0. The smallest absolute Gasteiger partial charge is 0.306 e. The Bertz CT molecular complexity index is 1070. The first-order valence-corrected chi connectivity index (χ1v) is 22.5. The molecule has 0 spiro atoms. The largest absolute Gasteiger partial charge is 0.462 e. The van der Waals surface area contributed by atoms with Crippen molar-refractivity contribution in [3.8, 4) is 0 Å². The zero-order valence-electron chi connectivity index (χ0n) is 35.7. The molecule has 55 heavy (non-hydrogen) atoms. The second kappa shape index (κ2) is 43.6. The number of hydrogen-bond donors (Lipinski definition) is 0. The van der Waals surface area contributed by atoms with Crippen molar-refractivity contribution in [2.45, 2.75) is 207 Å². The van der Waals surface area contributed by atoms with Crippen LogP contribution in [0.4, 0.5) is 0 Å². The molecule has 1 atom stereocenters. The van der Waals surface area contributed by atoms with Crippen LogP contribution < -0.4 is 0 Å². The average molecular weight is 767 g/mol. The van der Waals surface area contributed by atoms with Gasteiger partial charge in [0.2, 0.25) is 0 Å². The van der Waals surface area contributed by atoms with Gasteiger partial charge >= 0.3 is 17.9 Å². The van der Waals surface area contributed by atoms with Gasteiger partial charge in [-0.1, -0.05) is 171 Å². The highest BCUT2D eigenvalue weighted by molar-refractivity contribution is 5.71. The number of unbranched alkanes of at least 4 members (excludes halogenated alkanes) is 19. The Kier molecular flexibility index (Phi) is 41.1. The SMILES string of the molecule is CC\C=C/C=C\C=C/C=C\CCCCCC(=O)OC(COC(=O)CCC/C=C\CCCCCC)COC(=O)CCCCCCCCC/C=C\CCCCCC. The van der Waals surface area contributed by atoms with Crippen molar-refractivity contribution in [3.05, 3.63) is 72.9 Å².